The molecule has 0 aliphatic rings. The molecule has 0 aliphatic carbocycles. The Kier molecular flexibility index (Phi) is 27.3. The second kappa shape index (κ2) is 32.1. The molecule has 17 N–H and O–H groups in total. The number of rotatable bonds is 33. The smallest absolute Gasteiger partial charge is 0.326 e. The van der Waals surface area contributed by atoms with E-state index in [1.807, 2.05) is 13.8 Å². The normalized spacial score (nSPS) is 14.5. The average molecular weight is 1040 g/mol. The minimum Gasteiger partial charge on any atom is -0.480 e. The summed E-state index contributed by atoms with van der Waals surface area (Å²) >= 11 is 0. The van der Waals surface area contributed by atoms with Crippen molar-refractivity contribution < 1.29 is 53.4 Å². The van der Waals surface area contributed by atoms with E-state index in [1.165, 1.54) is 12.5 Å². The van der Waals surface area contributed by atoms with Crippen molar-refractivity contribution in [3.05, 3.63) is 54.1 Å². The van der Waals surface area contributed by atoms with Crippen LogP contribution in [-0.2, 0) is 56.0 Å². The van der Waals surface area contributed by atoms with Gasteiger partial charge in [-0.15, -0.1) is 0 Å². The Hall–Kier alpha value is -7.15. The van der Waals surface area contributed by atoms with Gasteiger partial charge in [-0.25, -0.2) is 9.78 Å². The van der Waals surface area contributed by atoms with Crippen molar-refractivity contribution in [3.8, 4) is 0 Å². The molecular weight excluding hydrogens is 961 g/mol. The molecule has 0 saturated carbocycles. The van der Waals surface area contributed by atoms with E-state index < -0.39 is 121 Å². The lowest BCUT2D eigenvalue weighted by Crippen LogP contribution is -2.60. The highest BCUT2D eigenvalue weighted by Gasteiger charge is 2.34. The van der Waals surface area contributed by atoms with Crippen LogP contribution >= 0.6 is 0 Å². The summed E-state index contributed by atoms with van der Waals surface area (Å²) in [6, 6.07) is -1.33. The lowest BCUT2D eigenvalue weighted by Gasteiger charge is -2.27. The number of hydrogen-bond acceptors (Lipinski definition) is 13. The number of carbonyl (C=O) groups excluding carboxylic acids is 8. The summed E-state index contributed by atoms with van der Waals surface area (Å²) in [6.45, 7) is 12.6. The van der Waals surface area contributed by atoms with Crippen LogP contribution < -0.4 is 59.7 Å². The monoisotopic (exact) mass is 1040 g/mol. The van der Waals surface area contributed by atoms with Crippen LogP contribution in [0.2, 0.25) is 0 Å². The topological polar surface area (TPSA) is 409 Å². The molecule has 0 spiro atoms. The number of aliphatic imine (C=N–C) groups is 1. The standard InChI is InChI=1S/C49H80N14O11/c1-26(2)17-34(43(68)61-37(20-30-13-10-9-11-14-30)46(71)63-40(29(7)8)48(73)74)57-39(65)23-55-42(67)33(15-12-16-54-49(51)52)58-44(69)36(19-28(5)6)60-47(72)38(24-64)62-45(70)35(18-27(3)4)59-41(66)32(50)21-31-22-53-25-56-31/h9-11,13-14,22,25-29,32-38,40,64H,12,15-21,23-24,50H2,1-8H3,(H,53,56)(H,55,67)(H,57,65)(H,58,69)(H,59,66)(H,60,72)(H,61,68)(H,62,70)(H,63,71)(H,73,74)(H4,51,52,54)/t32-,33-,34-,35-,36-,37-,38-,40-/m0/s1. The SMILES string of the molecule is CC(C)C[C@H](NC(=O)CNC(=O)[C@H](CCCN=C(N)N)NC(=O)[C@H](CC(C)C)NC(=O)[C@H](CO)NC(=O)[C@H](CC(C)C)NC(=O)[C@@H](N)Cc1cnc[nH]1)C(=O)N[C@@H](Cc1ccccc1)C(=O)N[C@H](C(=O)O)C(C)C. The fourth-order valence-electron chi connectivity index (χ4n) is 7.53. The van der Waals surface area contributed by atoms with E-state index in [1.54, 1.807) is 71.9 Å². The second-order valence-electron chi connectivity index (χ2n) is 19.8. The highest BCUT2D eigenvalue weighted by atomic mass is 16.4. The number of carboxylic acid groups (broad SMARTS) is 1. The molecule has 0 saturated heterocycles. The van der Waals surface area contributed by atoms with Crippen molar-refractivity contribution in [1.82, 2.24) is 52.5 Å². The number of aromatic amines is 1. The second-order valence-corrected chi connectivity index (χ2v) is 19.8. The molecule has 0 aliphatic heterocycles. The molecule has 25 nitrogen and oxygen atoms in total. The van der Waals surface area contributed by atoms with E-state index in [2.05, 4.69) is 57.5 Å². The average Bonchev–Trinajstić information content (AvgIpc) is 3.84. The van der Waals surface area contributed by atoms with E-state index in [4.69, 9.17) is 17.2 Å². The Balaban J connectivity index is 2.26. The van der Waals surface area contributed by atoms with Crippen LogP contribution in [0.5, 0.6) is 0 Å². The van der Waals surface area contributed by atoms with Gasteiger partial charge in [0.05, 0.1) is 25.5 Å². The number of carbonyl (C=O) groups is 9. The number of aromatic nitrogens is 2. The maximum absolute atomic E-state index is 14.0. The summed E-state index contributed by atoms with van der Waals surface area (Å²) in [6.07, 6.45) is 3.48. The van der Waals surface area contributed by atoms with Crippen molar-refractivity contribution in [3.63, 3.8) is 0 Å². The fraction of sp³-hybridized carbons (Fsp3) is 0.612. The van der Waals surface area contributed by atoms with Crippen LogP contribution in [0.25, 0.3) is 0 Å². The van der Waals surface area contributed by atoms with Gasteiger partial charge in [0.15, 0.2) is 5.96 Å². The van der Waals surface area contributed by atoms with Crippen molar-refractivity contribution in [2.24, 2.45) is 45.9 Å². The number of amides is 8. The summed E-state index contributed by atoms with van der Waals surface area (Å²) < 4.78 is 0. The molecule has 1 aromatic heterocycles. The third-order valence-corrected chi connectivity index (χ3v) is 11.3. The number of benzene rings is 1. The zero-order valence-electron chi connectivity index (χ0n) is 43.7. The van der Waals surface area contributed by atoms with Gasteiger partial charge in [0.2, 0.25) is 47.3 Å². The Morgan fingerprint density at radius 2 is 1.11 bits per heavy atom. The molecule has 8 amide bonds. The summed E-state index contributed by atoms with van der Waals surface area (Å²) in [5.41, 5.74) is 18.3. The number of nitrogens with two attached hydrogens (primary N) is 3. The van der Waals surface area contributed by atoms with Crippen LogP contribution in [0.1, 0.15) is 98.8 Å². The number of imidazole rings is 1. The molecule has 2 aromatic rings. The van der Waals surface area contributed by atoms with Gasteiger partial charge in [0.25, 0.3) is 0 Å². The van der Waals surface area contributed by atoms with Crippen LogP contribution in [0.15, 0.2) is 47.8 Å². The molecule has 1 aromatic carbocycles. The summed E-state index contributed by atoms with van der Waals surface area (Å²) in [4.78, 5) is 132. The molecule has 1 heterocycles. The van der Waals surface area contributed by atoms with Gasteiger partial charge >= 0.3 is 5.97 Å². The molecule has 74 heavy (non-hydrogen) atoms. The first-order valence-electron chi connectivity index (χ1n) is 24.9. The highest BCUT2D eigenvalue weighted by Crippen LogP contribution is 2.12. The summed E-state index contributed by atoms with van der Waals surface area (Å²) in [7, 11) is 0. The molecule has 8 atom stereocenters. The van der Waals surface area contributed by atoms with Crippen molar-refractivity contribution >= 4 is 59.2 Å². The predicted octanol–water partition coefficient (Wildman–Crippen LogP) is -2.04. The van der Waals surface area contributed by atoms with Crippen LogP contribution in [0.3, 0.4) is 0 Å². The summed E-state index contributed by atoms with van der Waals surface area (Å²) in [5.74, 6) is -8.67. The fourth-order valence-corrected chi connectivity index (χ4v) is 7.53. The third kappa shape index (κ3) is 23.6. The Bertz CT molecular complexity index is 2170. The summed E-state index contributed by atoms with van der Waals surface area (Å²) in [5, 5.41) is 40.6. The van der Waals surface area contributed by atoms with Crippen molar-refractivity contribution in [2.75, 3.05) is 19.7 Å². The minimum absolute atomic E-state index is 0.00223. The van der Waals surface area contributed by atoms with Gasteiger partial charge in [-0.05, 0) is 61.3 Å². The Morgan fingerprint density at radius 1 is 0.622 bits per heavy atom. The Labute approximate surface area is 432 Å². The first-order chi connectivity index (χ1) is 34.8. The number of carboxylic acids is 1. The number of hydrogen-bond donors (Lipinski definition) is 14. The van der Waals surface area contributed by atoms with Gasteiger partial charge in [-0.3, -0.25) is 43.3 Å². The van der Waals surface area contributed by atoms with E-state index in [0.29, 0.717) is 11.3 Å². The molecular formula is C49H80N14O11. The first kappa shape index (κ1) is 63.0. The van der Waals surface area contributed by atoms with Gasteiger partial charge in [0, 0.05) is 31.3 Å². The van der Waals surface area contributed by atoms with Crippen LogP contribution in [-0.4, -0.2) is 147 Å². The first-order valence-corrected chi connectivity index (χ1v) is 24.9. The lowest BCUT2D eigenvalue weighted by atomic mass is 10.00. The maximum Gasteiger partial charge on any atom is 0.326 e. The lowest BCUT2D eigenvalue weighted by molar-refractivity contribution is -0.143. The highest BCUT2D eigenvalue weighted by molar-refractivity contribution is 5.97. The molecule has 0 unspecified atom stereocenters. The van der Waals surface area contributed by atoms with Crippen molar-refractivity contribution in [2.45, 2.75) is 149 Å². The largest absolute Gasteiger partial charge is 0.480 e. The van der Waals surface area contributed by atoms with Crippen LogP contribution in [0, 0.1) is 23.7 Å². The predicted molar refractivity (Wildman–Crippen MR) is 275 cm³/mol. The number of nitrogens with one attached hydrogen (secondary N) is 9. The van der Waals surface area contributed by atoms with Crippen LogP contribution in [0.4, 0.5) is 0 Å². The van der Waals surface area contributed by atoms with Crippen molar-refractivity contribution in [1.29, 1.82) is 0 Å². The maximum atomic E-state index is 14.0. The van der Waals surface area contributed by atoms with E-state index in [0.717, 1.165) is 0 Å². The Morgan fingerprint density at radius 3 is 1.59 bits per heavy atom. The number of H-pyrrole nitrogens is 1. The molecule has 2 rings (SSSR count). The molecule has 0 radical (unpaired) electrons. The molecule has 0 fully saturated rings. The van der Waals surface area contributed by atoms with Gasteiger partial charge in [-0.1, -0.05) is 85.7 Å². The van der Waals surface area contributed by atoms with Gasteiger partial charge < -0.3 is 74.9 Å². The number of aliphatic hydroxyl groups excluding tert-OH is 1. The molecule has 412 valence electrons. The zero-order valence-corrected chi connectivity index (χ0v) is 43.7. The number of aliphatic carboxylic acids is 1. The van der Waals surface area contributed by atoms with Gasteiger partial charge in [0.1, 0.15) is 42.3 Å². The van der Waals surface area contributed by atoms with E-state index >= 15 is 0 Å². The minimum atomic E-state index is -1.57. The number of nitrogens with zero attached hydrogens (tertiary/aromatic N) is 2. The quantitative estimate of drug-likeness (QED) is 0.0208. The van der Waals surface area contributed by atoms with E-state index in [-0.39, 0.29) is 75.2 Å². The van der Waals surface area contributed by atoms with Gasteiger partial charge in [-0.2, -0.15) is 0 Å². The molecule has 25 heteroatoms. The number of aliphatic hydroxyl groups is 1. The molecule has 0 bridgehead atoms. The third-order valence-electron chi connectivity index (χ3n) is 11.3. The van der Waals surface area contributed by atoms with E-state index in [9.17, 15) is 53.4 Å². The zero-order chi connectivity index (χ0) is 55.7. The number of guanidine groups is 1.